The molecular weight excluding hydrogens is 304 g/mol. The van der Waals surface area contributed by atoms with Crippen molar-refractivity contribution in [1.82, 2.24) is 10.2 Å². The van der Waals surface area contributed by atoms with Crippen molar-refractivity contribution in [2.75, 3.05) is 32.8 Å². The van der Waals surface area contributed by atoms with Gasteiger partial charge < -0.3 is 15.3 Å². The Hall–Kier alpha value is -0.420. The zero-order valence-electron chi connectivity index (χ0n) is 12.1. The lowest BCUT2D eigenvalue weighted by Gasteiger charge is -2.31. The third-order valence-corrected chi connectivity index (χ3v) is 4.11. The smallest absolute Gasteiger partial charge is 0.0652 e. The van der Waals surface area contributed by atoms with Crippen molar-refractivity contribution in [3.05, 3.63) is 34.3 Å². The van der Waals surface area contributed by atoms with Crippen molar-refractivity contribution in [3.8, 4) is 0 Å². The summed E-state index contributed by atoms with van der Waals surface area (Å²) in [6, 6.07) is 8.10. The third-order valence-electron chi connectivity index (χ3n) is 3.62. The van der Waals surface area contributed by atoms with E-state index in [1.165, 1.54) is 0 Å². The van der Waals surface area contributed by atoms with Gasteiger partial charge in [0.1, 0.15) is 0 Å². The van der Waals surface area contributed by atoms with Crippen LogP contribution >= 0.6 is 15.9 Å². The molecule has 0 bridgehead atoms. The van der Waals surface area contributed by atoms with Gasteiger partial charge in [-0.05, 0) is 37.7 Å². The number of aliphatic hydroxyl groups is 1. The summed E-state index contributed by atoms with van der Waals surface area (Å²) in [7, 11) is 0. The van der Waals surface area contributed by atoms with E-state index in [0.717, 1.165) is 36.2 Å². The second kappa shape index (κ2) is 8.00. The van der Waals surface area contributed by atoms with E-state index in [9.17, 15) is 5.11 Å². The van der Waals surface area contributed by atoms with Gasteiger partial charge in [-0.25, -0.2) is 0 Å². The topological polar surface area (TPSA) is 35.5 Å². The van der Waals surface area contributed by atoms with Gasteiger partial charge in [0.05, 0.1) is 12.1 Å². The monoisotopic (exact) mass is 328 g/mol. The van der Waals surface area contributed by atoms with Crippen LogP contribution in [0.3, 0.4) is 0 Å². The van der Waals surface area contributed by atoms with Crippen LogP contribution in [0.4, 0.5) is 0 Å². The average molecular weight is 329 g/mol. The molecule has 3 nitrogen and oxygen atoms in total. The quantitative estimate of drug-likeness (QED) is 0.770. The molecule has 0 heterocycles. The molecule has 0 saturated carbocycles. The van der Waals surface area contributed by atoms with Gasteiger partial charge in [-0.15, -0.1) is 0 Å². The molecule has 0 aliphatic rings. The van der Waals surface area contributed by atoms with Crippen molar-refractivity contribution >= 4 is 15.9 Å². The second-order valence-electron chi connectivity index (χ2n) is 4.95. The molecule has 4 heteroatoms. The summed E-state index contributed by atoms with van der Waals surface area (Å²) in [4.78, 5) is 2.37. The first-order chi connectivity index (χ1) is 9.05. The van der Waals surface area contributed by atoms with Gasteiger partial charge in [-0.1, -0.05) is 41.9 Å². The molecule has 1 unspecified atom stereocenters. The first-order valence-electron chi connectivity index (χ1n) is 6.90. The van der Waals surface area contributed by atoms with Gasteiger partial charge in [0.2, 0.25) is 0 Å². The molecule has 0 saturated heterocycles. The minimum absolute atomic E-state index is 0.0850. The molecule has 0 aromatic heterocycles. The molecule has 1 atom stereocenters. The first kappa shape index (κ1) is 16.6. The highest BCUT2D eigenvalue weighted by Gasteiger charge is 2.25. The predicted molar refractivity (Wildman–Crippen MR) is 84.4 cm³/mol. The van der Waals surface area contributed by atoms with Crippen molar-refractivity contribution < 1.29 is 5.11 Å². The maximum absolute atomic E-state index is 9.72. The summed E-state index contributed by atoms with van der Waals surface area (Å²) in [5, 5.41) is 13.2. The maximum atomic E-state index is 9.72. The zero-order valence-corrected chi connectivity index (χ0v) is 13.7. The Labute approximate surface area is 125 Å². The van der Waals surface area contributed by atoms with Gasteiger partial charge in [-0.3, -0.25) is 0 Å². The molecule has 0 amide bonds. The van der Waals surface area contributed by atoms with E-state index >= 15 is 0 Å². The molecule has 0 aliphatic carbocycles. The van der Waals surface area contributed by atoms with E-state index < -0.39 is 5.54 Å². The van der Waals surface area contributed by atoms with Gasteiger partial charge in [0.15, 0.2) is 0 Å². The van der Waals surface area contributed by atoms with Crippen LogP contribution in [-0.2, 0) is 5.54 Å². The molecule has 108 valence electrons. The normalized spacial score (nSPS) is 14.6. The summed E-state index contributed by atoms with van der Waals surface area (Å²) < 4.78 is 1.04. The van der Waals surface area contributed by atoms with Gasteiger partial charge in [0, 0.05) is 17.6 Å². The number of hydrogen-bond donors (Lipinski definition) is 2. The van der Waals surface area contributed by atoms with E-state index in [1.807, 2.05) is 25.1 Å². The molecule has 2 N–H and O–H groups in total. The van der Waals surface area contributed by atoms with E-state index in [2.05, 4.69) is 46.1 Å². The molecule has 1 aromatic carbocycles. The van der Waals surface area contributed by atoms with Gasteiger partial charge in [0.25, 0.3) is 0 Å². The maximum Gasteiger partial charge on any atom is 0.0652 e. The van der Waals surface area contributed by atoms with Crippen molar-refractivity contribution in [3.63, 3.8) is 0 Å². The number of aliphatic hydroxyl groups excluding tert-OH is 1. The number of nitrogens with one attached hydrogen (secondary N) is 1. The summed E-state index contributed by atoms with van der Waals surface area (Å²) in [6.07, 6.45) is 0. The lowest BCUT2D eigenvalue weighted by Crippen LogP contribution is -2.46. The lowest BCUT2D eigenvalue weighted by molar-refractivity contribution is 0.168. The first-order valence-corrected chi connectivity index (χ1v) is 7.69. The molecule has 0 aliphatic heterocycles. The van der Waals surface area contributed by atoms with E-state index in [4.69, 9.17) is 0 Å². The van der Waals surface area contributed by atoms with Crippen LogP contribution in [0, 0.1) is 0 Å². The van der Waals surface area contributed by atoms with Crippen LogP contribution in [0.1, 0.15) is 26.3 Å². The largest absolute Gasteiger partial charge is 0.394 e. The highest BCUT2D eigenvalue weighted by molar-refractivity contribution is 9.10. The van der Waals surface area contributed by atoms with E-state index in [-0.39, 0.29) is 6.61 Å². The Balaban J connectivity index is 2.65. The third kappa shape index (κ3) is 4.88. The van der Waals surface area contributed by atoms with E-state index in [0.29, 0.717) is 0 Å². The Kier molecular flexibility index (Phi) is 7.00. The Morgan fingerprint density at radius 2 is 2.00 bits per heavy atom. The highest BCUT2D eigenvalue weighted by Crippen LogP contribution is 2.23. The number of likely N-dealkylation sites (N-methyl/N-ethyl adjacent to an activating group) is 1. The molecule has 0 fully saturated rings. The molecule has 1 aromatic rings. The lowest BCUT2D eigenvalue weighted by atomic mass is 9.93. The minimum Gasteiger partial charge on any atom is -0.394 e. The molecule has 1 rings (SSSR count). The van der Waals surface area contributed by atoms with E-state index in [1.54, 1.807) is 0 Å². The Morgan fingerprint density at radius 1 is 1.32 bits per heavy atom. The number of benzene rings is 1. The summed E-state index contributed by atoms with van der Waals surface area (Å²) >= 11 is 3.48. The summed E-state index contributed by atoms with van der Waals surface area (Å²) in [5.74, 6) is 0. The number of nitrogens with zero attached hydrogens (tertiary/aromatic N) is 1. The summed E-state index contributed by atoms with van der Waals surface area (Å²) in [5.41, 5.74) is 0.709. The van der Waals surface area contributed by atoms with Crippen LogP contribution in [-0.4, -0.2) is 42.8 Å². The fourth-order valence-electron chi connectivity index (χ4n) is 2.11. The van der Waals surface area contributed by atoms with Crippen LogP contribution in [0.15, 0.2) is 28.7 Å². The minimum atomic E-state index is -0.392. The second-order valence-corrected chi connectivity index (χ2v) is 5.87. The zero-order chi connectivity index (χ0) is 14.3. The fraction of sp³-hybridized carbons (Fsp3) is 0.600. The van der Waals surface area contributed by atoms with Crippen molar-refractivity contribution in [2.45, 2.75) is 26.3 Å². The van der Waals surface area contributed by atoms with Gasteiger partial charge >= 0.3 is 0 Å². The molecule has 0 radical (unpaired) electrons. The molecule has 0 spiro atoms. The Bertz CT molecular complexity index is 382. The predicted octanol–water partition coefficient (Wildman–Crippen LogP) is 2.59. The fourth-order valence-corrected chi connectivity index (χ4v) is 2.51. The Morgan fingerprint density at radius 3 is 2.53 bits per heavy atom. The number of hydrogen-bond acceptors (Lipinski definition) is 3. The number of halogens is 1. The van der Waals surface area contributed by atoms with Crippen LogP contribution in [0.5, 0.6) is 0 Å². The highest BCUT2D eigenvalue weighted by atomic mass is 79.9. The SMILES string of the molecule is CCN(CC)CCNC(C)(CO)c1cccc(Br)c1. The standard InChI is InChI=1S/C15H25BrN2O/c1-4-18(5-2)10-9-17-15(3,12-19)13-7-6-8-14(16)11-13/h6-8,11,17,19H,4-5,9-10,12H2,1-3H3. The molecule has 19 heavy (non-hydrogen) atoms. The van der Waals surface area contributed by atoms with Crippen LogP contribution in [0.25, 0.3) is 0 Å². The van der Waals surface area contributed by atoms with Crippen LogP contribution in [0.2, 0.25) is 0 Å². The van der Waals surface area contributed by atoms with Crippen LogP contribution < -0.4 is 5.32 Å². The van der Waals surface area contributed by atoms with Gasteiger partial charge in [-0.2, -0.15) is 0 Å². The average Bonchev–Trinajstić information content (AvgIpc) is 2.43. The van der Waals surface area contributed by atoms with Crippen molar-refractivity contribution in [2.24, 2.45) is 0 Å². The molecular formula is C15H25BrN2O. The number of rotatable bonds is 8. The summed E-state index contributed by atoms with van der Waals surface area (Å²) in [6.45, 7) is 10.4. The van der Waals surface area contributed by atoms with Crippen molar-refractivity contribution in [1.29, 1.82) is 0 Å².